The first-order valence-corrected chi connectivity index (χ1v) is 9.91. The summed E-state index contributed by atoms with van der Waals surface area (Å²) in [4.78, 5) is 22.5. The smallest absolute Gasteiger partial charge is 0.311 e. The van der Waals surface area contributed by atoms with Crippen molar-refractivity contribution in [1.82, 2.24) is 5.32 Å². The molecule has 0 unspecified atom stereocenters. The van der Waals surface area contributed by atoms with Gasteiger partial charge in [0, 0.05) is 11.8 Å². The minimum atomic E-state index is -0.477. The minimum Gasteiger partial charge on any atom is -0.492 e. The number of carbonyl (C=O) groups is 1. The lowest BCUT2D eigenvalue weighted by Crippen LogP contribution is -2.29. The monoisotopic (exact) mass is 404 g/mol. The predicted molar refractivity (Wildman–Crippen MR) is 110 cm³/mol. The van der Waals surface area contributed by atoms with Gasteiger partial charge in [-0.05, 0) is 48.7 Å². The zero-order chi connectivity index (χ0) is 20.5. The number of amides is 1. The van der Waals surface area contributed by atoms with Crippen LogP contribution in [0.15, 0.2) is 36.4 Å². The van der Waals surface area contributed by atoms with E-state index in [9.17, 15) is 14.9 Å². The van der Waals surface area contributed by atoms with Gasteiger partial charge in [0.2, 0.25) is 5.91 Å². The van der Waals surface area contributed by atoms with E-state index in [1.165, 1.54) is 24.9 Å². The molecular formula is C20H24N2O5S. The molecule has 0 saturated heterocycles. The van der Waals surface area contributed by atoms with Crippen LogP contribution in [0.4, 0.5) is 5.69 Å². The summed E-state index contributed by atoms with van der Waals surface area (Å²) in [6.45, 7) is 4.83. The van der Waals surface area contributed by atoms with Crippen molar-refractivity contribution < 1.29 is 19.2 Å². The number of hydrogen-bond acceptors (Lipinski definition) is 6. The third-order valence-corrected chi connectivity index (χ3v) is 4.83. The highest BCUT2D eigenvalue weighted by molar-refractivity contribution is 7.99. The van der Waals surface area contributed by atoms with Crippen LogP contribution in [0.3, 0.4) is 0 Å². The number of ether oxygens (including phenoxy) is 2. The average Bonchev–Trinajstić information content (AvgIpc) is 2.64. The van der Waals surface area contributed by atoms with Crippen LogP contribution < -0.4 is 14.8 Å². The second-order valence-electron chi connectivity index (χ2n) is 6.28. The van der Waals surface area contributed by atoms with Gasteiger partial charge in [-0.1, -0.05) is 12.1 Å². The van der Waals surface area contributed by atoms with Crippen LogP contribution in [0.1, 0.15) is 16.7 Å². The topological polar surface area (TPSA) is 90.7 Å². The summed E-state index contributed by atoms with van der Waals surface area (Å²) in [6, 6.07) is 10.8. The number of benzene rings is 2. The summed E-state index contributed by atoms with van der Waals surface area (Å²) in [7, 11) is 1.39. The number of nitrogens with zero attached hydrogens (tertiary/aromatic N) is 1. The van der Waals surface area contributed by atoms with Gasteiger partial charge in [-0.2, -0.15) is 0 Å². The van der Waals surface area contributed by atoms with E-state index in [0.717, 1.165) is 22.4 Å². The van der Waals surface area contributed by atoms with Crippen LogP contribution >= 0.6 is 11.8 Å². The zero-order valence-electron chi connectivity index (χ0n) is 16.2. The highest BCUT2D eigenvalue weighted by Crippen LogP contribution is 2.28. The van der Waals surface area contributed by atoms with E-state index >= 15 is 0 Å². The lowest BCUT2D eigenvalue weighted by atomic mass is 10.1. The normalized spacial score (nSPS) is 10.4. The van der Waals surface area contributed by atoms with Crippen LogP contribution in [-0.4, -0.2) is 36.8 Å². The standard InChI is InChI=1S/C20H24N2O5S/c1-14-8-15(2)10-17(9-14)27-7-6-21-20(23)13-28-12-16-4-5-19(26-3)18(11-16)22(24)25/h4-5,8-11H,6-7,12-13H2,1-3H3,(H,21,23). The number of rotatable bonds is 10. The molecule has 0 bridgehead atoms. The average molecular weight is 404 g/mol. The summed E-state index contributed by atoms with van der Waals surface area (Å²) in [5, 5.41) is 13.8. The molecule has 1 amide bonds. The fraction of sp³-hybridized carbons (Fsp3) is 0.350. The van der Waals surface area contributed by atoms with Gasteiger partial charge in [0.1, 0.15) is 12.4 Å². The number of thioether (sulfide) groups is 1. The van der Waals surface area contributed by atoms with Crippen LogP contribution in [0.25, 0.3) is 0 Å². The van der Waals surface area contributed by atoms with Crippen molar-refractivity contribution in [2.75, 3.05) is 26.0 Å². The number of methoxy groups -OCH3 is 1. The SMILES string of the molecule is COc1ccc(CSCC(=O)NCCOc2cc(C)cc(C)c2)cc1[N+](=O)[O-]. The van der Waals surface area contributed by atoms with E-state index in [2.05, 4.69) is 11.4 Å². The van der Waals surface area contributed by atoms with E-state index in [0.29, 0.717) is 18.9 Å². The minimum absolute atomic E-state index is 0.0754. The molecule has 0 heterocycles. The van der Waals surface area contributed by atoms with Gasteiger partial charge in [-0.25, -0.2) is 0 Å². The first-order chi connectivity index (χ1) is 13.4. The quantitative estimate of drug-likeness (QED) is 0.369. The molecule has 2 aromatic carbocycles. The summed E-state index contributed by atoms with van der Waals surface area (Å²) >= 11 is 1.39. The third kappa shape index (κ3) is 6.77. The Morgan fingerprint density at radius 2 is 1.89 bits per heavy atom. The molecule has 0 aliphatic carbocycles. The Labute approximate surface area is 168 Å². The first kappa shape index (κ1) is 21.6. The number of carbonyl (C=O) groups excluding carboxylic acids is 1. The second-order valence-corrected chi connectivity index (χ2v) is 7.26. The summed E-state index contributed by atoms with van der Waals surface area (Å²) in [5.74, 6) is 1.68. The summed E-state index contributed by atoms with van der Waals surface area (Å²) < 4.78 is 10.6. The van der Waals surface area contributed by atoms with Gasteiger partial charge in [0.25, 0.3) is 0 Å². The van der Waals surface area contributed by atoms with Crippen molar-refractivity contribution in [3.63, 3.8) is 0 Å². The van der Waals surface area contributed by atoms with Crippen molar-refractivity contribution in [2.45, 2.75) is 19.6 Å². The molecule has 28 heavy (non-hydrogen) atoms. The van der Waals surface area contributed by atoms with Crippen molar-refractivity contribution in [3.8, 4) is 11.5 Å². The van der Waals surface area contributed by atoms with Gasteiger partial charge < -0.3 is 14.8 Å². The van der Waals surface area contributed by atoms with E-state index in [1.807, 2.05) is 26.0 Å². The van der Waals surface area contributed by atoms with E-state index in [4.69, 9.17) is 9.47 Å². The summed E-state index contributed by atoms with van der Waals surface area (Å²) in [6.07, 6.45) is 0. The van der Waals surface area contributed by atoms with Crippen LogP contribution in [-0.2, 0) is 10.5 Å². The molecule has 0 saturated carbocycles. The number of aryl methyl sites for hydroxylation is 2. The Morgan fingerprint density at radius 1 is 1.18 bits per heavy atom. The molecule has 0 fully saturated rings. The van der Waals surface area contributed by atoms with Gasteiger partial charge in [0.05, 0.1) is 24.3 Å². The van der Waals surface area contributed by atoms with Crippen LogP contribution in [0.2, 0.25) is 0 Å². The Bertz CT molecular complexity index is 821. The molecule has 150 valence electrons. The third-order valence-electron chi connectivity index (χ3n) is 3.83. The molecule has 0 aromatic heterocycles. The first-order valence-electron chi connectivity index (χ1n) is 8.76. The highest BCUT2D eigenvalue weighted by Gasteiger charge is 2.15. The van der Waals surface area contributed by atoms with E-state index in [1.54, 1.807) is 12.1 Å². The summed E-state index contributed by atoms with van der Waals surface area (Å²) in [5.41, 5.74) is 2.96. The highest BCUT2D eigenvalue weighted by atomic mass is 32.2. The fourth-order valence-corrected chi connectivity index (χ4v) is 3.46. The molecule has 0 aliphatic rings. The predicted octanol–water partition coefficient (Wildman–Crippen LogP) is 3.65. The van der Waals surface area contributed by atoms with E-state index < -0.39 is 4.92 Å². The molecular weight excluding hydrogens is 380 g/mol. The lowest BCUT2D eigenvalue weighted by Gasteiger charge is -2.09. The second kappa shape index (κ2) is 10.6. The Kier molecular flexibility index (Phi) is 8.13. The number of nitro benzene ring substituents is 1. The fourth-order valence-electron chi connectivity index (χ4n) is 2.66. The number of nitrogens with one attached hydrogen (secondary N) is 1. The number of hydrogen-bond donors (Lipinski definition) is 1. The molecule has 2 rings (SSSR count). The Morgan fingerprint density at radius 3 is 2.54 bits per heavy atom. The van der Waals surface area contributed by atoms with Gasteiger partial charge >= 0.3 is 5.69 Å². The van der Waals surface area contributed by atoms with Gasteiger partial charge in [-0.3, -0.25) is 14.9 Å². The van der Waals surface area contributed by atoms with Crippen molar-refractivity contribution >= 4 is 23.4 Å². The molecule has 0 spiro atoms. The van der Waals surface area contributed by atoms with Gasteiger partial charge in [-0.15, -0.1) is 11.8 Å². The molecule has 1 N–H and O–H groups in total. The lowest BCUT2D eigenvalue weighted by molar-refractivity contribution is -0.385. The maximum Gasteiger partial charge on any atom is 0.311 e. The maximum atomic E-state index is 11.9. The van der Waals surface area contributed by atoms with Crippen LogP contribution in [0.5, 0.6) is 11.5 Å². The Balaban J connectivity index is 1.70. The largest absolute Gasteiger partial charge is 0.492 e. The van der Waals surface area contributed by atoms with Crippen molar-refractivity contribution in [3.05, 3.63) is 63.2 Å². The van der Waals surface area contributed by atoms with Crippen molar-refractivity contribution in [1.29, 1.82) is 0 Å². The van der Waals surface area contributed by atoms with Gasteiger partial charge in [0.15, 0.2) is 5.75 Å². The maximum absolute atomic E-state index is 11.9. The molecule has 0 aliphatic heterocycles. The van der Waals surface area contributed by atoms with Crippen LogP contribution in [0, 0.1) is 24.0 Å². The molecule has 2 aromatic rings. The van der Waals surface area contributed by atoms with Crippen molar-refractivity contribution in [2.24, 2.45) is 0 Å². The molecule has 7 nitrogen and oxygen atoms in total. The molecule has 0 radical (unpaired) electrons. The van der Waals surface area contributed by atoms with E-state index in [-0.39, 0.29) is 23.1 Å². The Hall–Kier alpha value is -2.74. The number of nitro groups is 1. The zero-order valence-corrected chi connectivity index (χ0v) is 17.0. The molecule has 0 atom stereocenters. The molecule has 8 heteroatoms.